The van der Waals surface area contributed by atoms with Crippen molar-refractivity contribution in [2.24, 2.45) is 0 Å². The van der Waals surface area contributed by atoms with Crippen molar-refractivity contribution in [1.29, 1.82) is 0 Å². The molecule has 0 bridgehead atoms. The van der Waals surface area contributed by atoms with Gasteiger partial charge in [-0.2, -0.15) is 4.98 Å². The average molecular weight is 465 g/mol. The number of hydrogen-bond acceptors (Lipinski definition) is 8. The summed E-state index contributed by atoms with van der Waals surface area (Å²) in [6.07, 6.45) is 1.39. The van der Waals surface area contributed by atoms with Gasteiger partial charge in [-0.15, -0.1) is 0 Å². The Labute approximate surface area is 188 Å². The zero-order valence-electron chi connectivity index (χ0n) is 18.7. The Morgan fingerprint density at radius 3 is 2.69 bits per heavy atom. The van der Waals surface area contributed by atoms with Gasteiger partial charge in [-0.25, -0.2) is 4.98 Å². The van der Waals surface area contributed by atoms with Crippen molar-refractivity contribution in [2.45, 2.75) is 26.2 Å². The molecule has 1 unspecified atom stereocenters. The molecule has 1 heterocycles. The summed E-state index contributed by atoms with van der Waals surface area (Å²) >= 11 is 0. The lowest BCUT2D eigenvalue weighted by Gasteiger charge is -2.16. The smallest absolute Gasteiger partial charge is 0.224 e. The maximum Gasteiger partial charge on any atom is 0.224 e. The Morgan fingerprint density at radius 2 is 2.03 bits per heavy atom. The summed E-state index contributed by atoms with van der Waals surface area (Å²) in [7, 11) is -1.49. The number of rotatable bonds is 12. The first-order chi connectivity index (χ1) is 15.1. The number of carbonyl (C=O) groups excluding carboxylic acids is 1. The number of nitrogens with two attached hydrogens (primary N) is 1. The molecule has 10 nitrogen and oxygen atoms in total. The molecule has 0 aliphatic carbocycles. The molecule has 1 atom stereocenters. The van der Waals surface area contributed by atoms with Gasteiger partial charge in [-0.1, -0.05) is 12.1 Å². The van der Waals surface area contributed by atoms with Gasteiger partial charge < -0.3 is 31.1 Å². The number of aromatic nitrogens is 2. The lowest BCUT2D eigenvalue weighted by Crippen LogP contribution is -2.27. The molecule has 1 aromatic heterocycles. The highest BCUT2D eigenvalue weighted by Crippen LogP contribution is 2.35. The molecule has 0 saturated carbocycles. The second-order valence-electron chi connectivity index (χ2n) is 7.62. The van der Waals surface area contributed by atoms with Gasteiger partial charge in [0.1, 0.15) is 11.6 Å². The van der Waals surface area contributed by atoms with Gasteiger partial charge in [0.05, 0.1) is 20.1 Å². The SMILES string of the molecule is COc1cc(CC(=O)NCCO)ccc1Cc1c(C)nc(N)nc1NCCCP(C)(=O)O. The van der Waals surface area contributed by atoms with Gasteiger partial charge in [0.2, 0.25) is 11.9 Å². The van der Waals surface area contributed by atoms with E-state index in [0.29, 0.717) is 31.0 Å². The molecule has 6 N–H and O–H groups in total. The molecule has 0 fully saturated rings. The highest BCUT2D eigenvalue weighted by molar-refractivity contribution is 7.57. The summed E-state index contributed by atoms with van der Waals surface area (Å²) in [5, 5.41) is 14.7. The van der Waals surface area contributed by atoms with Crippen molar-refractivity contribution in [3.05, 3.63) is 40.6 Å². The van der Waals surface area contributed by atoms with Crippen molar-refractivity contribution < 1.29 is 24.1 Å². The first kappa shape index (κ1) is 25.6. The number of nitrogen functional groups attached to an aromatic ring is 1. The number of nitrogens with one attached hydrogen (secondary N) is 2. The number of benzene rings is 1. The van der Waals surface area contributed by atoms with Crippen LogP contribution < -0.4 is 21.1 Å². The monoisotopic (exact) mass is 465 g/mol. The molecule has 1 aromatic carbocycles. The fraction of sp³-hybridized carbons (Fsp3) is 0.476. The molecule has 32 heavy (non-hydrogen) atoms. The molecule has 1 amide bonds. The van der Waals surface area contributed by atoms with Crippen LogP contribution in [-0.2, 0) is 22.2 Å². The quantitative estimate of drug-likeness (QED) is 0.230. The van der Waals surface area contributed by atoms with Crippen LogP contribution >= 0.6 is 7.37 Å². The van der Waals surface area contributed by atoms with Crippen molar-refractivity contribution in [3.63, 3.8) is 0 Å². The number of methoxy groups -OCH3 is 1. The van der Waals surface area contributed by atoms with Crippen LogP contribution in [0, 0.1) is 6.92 Å². The number of hydrogen-bond donors (Lipinski definition) is 5. The van der Waals surface area contributed by atoms with Crippen molar-refractivity contribution in [1.82, 2.24) is 15.3 Å². The number of aliphatic hydroxyl groups excluding tert-OH is 1. The third-order valence-corrected chi connectivity index (χ3v) is 5.94. The van der Waals surface area contributed by atoms with E-state index in [1.165, 1.54) is 6.66 Å². The summed E-state index contributed by atoms with van der Waals surface area (Å²) in [5.74, 6) is 1.18. The zero-order valence-corrected chi connectivity index (χ0v) is 19.6. The highest BCUT2D eigenvalue weighted by Gasteiger charge is 2.16. The van der Waals surface area contributed by atoms with Crippen LogP contribution in [0.3, 0.4) is 0 Å². The second-order valence-corrected chi connectivity index (χ2v) is 10.2. The Bertz CT molecular complexity index is 979. The molecule has 2 rings (SSSR count). The Balaban J connectivity index is 2.19. The van der Waals surface area contributed by atoms with Crippen molar-refractivity contribution in [2.75, 3.05) is 50.7 Å². The topological polar surface area (TPSA) is 160 Å². The Kier molecular flexibility index (Phi) is 9.43. The fourth-order valence-corrected chi connectivity index (χ4v) is 3.98. The van der Waals surface area contributed by atoms with Crippen LogP contribution in [0.15, 0.2) is 18.2 Å². The maximum absolute atomic E-state index is 11.9. The summed E-state index contributed by atoms with van der Waals surface area (Å²) in [5.41, 5.74) is 9.07. The predicted molar refractivity (Wildman–Crippen MR) is 125 cm³/mol. The molecular formula is C21H32N5O5P. The normalized spacial score (nSPS) is 12.8. The number of amides is 1. The number of aryl methyl sites for hydroxylation is 1. The number of anilines is 2. The van der Waals surface area contributed by atoms with E-state index in [4.69, 9.17) is 15.6 Å². The zero-order chi connectivity index (χ0) is 23.7. The van der Waals surface area contributed by atoms with Crippen LogP contribution in [-0.4, -0.2) is 65.5 Å². The van der Waals surface area contributed by atoms with Gasteiger partial charge in [0, 0.05) is 43.6 Å². The molecule has 11 heteroatoms. The Hall–Kier alpha value is -2.68. The third kappa shape index (κ3) is 8.11. The van der Waals surface area contributed by atoms with Crippen LogP contribution in [0.25, 0.3) is 0 Å². The van der Waals surface area contributed by atoms with Gasteiger partial charge in [-0.05, 0) is 30.5 Å². The molecule has 0 aliphatic rings. The van der Waals surface area contributed by atoms with Gasteiger partial charge >= 0.3 is 0 Å². The van der Waals surface area contributed by atoms with E-state index in [1.807, 2.05) is 25.1 Å². The number of aliphatic hydroxyl groups is 1. The highest BCUT2D eigenvalue weighted by atomic mass is 31.2. The van der Waals surface area contributed by atoms with E-state index in [0.717, 1.165) is 22.4 Å². The van der Waals surface area contributed by atoms with Crippen molar-refractivity contribution >= 4 is 25.0 Å². The largest absolute Gasteiger partial charge is 0.496 e. The van der Waals surface area contributed by atoms with E-state index in [1.54, 1.807) is 7.11 Å². The molecule has 0 saturated heterocycles. The first-order valence-corrected chi connectivity index (χ1v) is 12.6. The second kappa shape index (κ2) is 11.8. The minimum atomic E-state index is -3.06. The van der Waals surface area contributed by atoms with E-state index >= 15 is 0 Å². The molecule has 0 spiro atoms. The van der Waals surface area contributed by atoms with E-state index in [9.17, 15) is 14.3 Å². The fourth-order valence-electron chi connectivity index (χ4n) is 3.23. The van der Waals surface area contributed by atoms with Crippen molar-refractivity contribution in [3.8, 4) is 5.75 Å². The number of nitrogens with zero attached hydrogens (tertiary/aromatic N) is 2. The van der Waals surface area contributed by atoms with E-state index < -0.39 is 7.37 Å². The standard InChI is InChI=1S/C21H32N5O5P/c1-14-17(20(26-21(22)25-14)24-7-4-10-32(3,29)30)13-16-6-5-15(11-18(16)31-2)12-19(28)23-8-9-27/h5-6,11,27H,4,7-10,12-13H2,1-3H3,(H,23,28)(H,29,30)(H3,22,24,25,26). The minimum absolute atomic E-state index is 0.106. The van der Waals surface area contributed by atoms with Crippen LogP contribution in [0.2, 0.25) is 0 Å². The Morgan fingerprint density at radius 1 is 1.28 bits per heavy atom. The molecule has 0 aliphatic heterocycles. The minimum Gasteiger partial charge on any atom is -0.496 e. The number of carbonyl (C=O) groups is 1. The summed E-state index contributed by atoms with van der Waals surface area (Å²) in [6, 6.07) is 5.57. The number of ether oxygens (including phenoxy) is 1. The maximum atomic E-state index is 11.9. The lowest BCUT2D eigenvalue weighted by atomic mass is 10.0. The van der Waals surface area contributed by atoms with Gasteiger partial charge in [-0.3, -0.25) is 9.36 Å². The van der Waals surface area contributed by atoms with Gasteiger partial charge in [0.15, 0.2) is 7.37 Å². The summed E-state index contributed by atoms with van der Waals surface area (Å²) < 4.78 is 17.0. The predicted octanol–water partition coefficient (Wildman–Crippen LogP) is 1.32. The lowest BCUT2D eigenvalue weighted by molar-refractivity contribution is -0.120. The summed E-state index contributed by atoms with van der Waals surface area (Å²) in [4.78, 5) is 30.0. The molecule has 0 radical (unpaired) electrons. The molecule has 2 aromatic rings. The van der Waals surface area contributed by atoms with Crippen LogP contribution in [0.1, 0.15) is 28.8 Å². The van der Waals surface area contributed by atoms with Crippen LogP contribution in [0.5, 0.6) is 5.75 Å². The van der Waals surface area contributed by atoms with E-state index in [2.05, 4.69) is 20.6 Å². The first-order valence-electron chi connectivity index (χ1n) is 10.3. The third-order valence-electron chi connectivity index (χ3n) is 4.79. The molecular weight excluding hydrogens is 433 g/mol. The molecule has 176 valence electrons. The average Bonchev–Trinajstić information content (AvgIpc) is 2.72. The van der Waals surface area contributed by atoms with Crippen LogP contribution in [0.4, 0.5) is 11.8 Å². The van der Waals surface area contributed by atoms with E-state index in [-0.39, 0.29) is 37.6 Å². The van der Waals surface area contributed by atoms with Gasteiger partial charge in [0.25, 0.3) is 0 Å². The summed E-state index contributed by atoms with van der Waals surface area (Å²) in [6.45, 7) is 3.77.